The lowest BCUT2D eigenvalue weighted by atomic mass is 9.91. The lowest BCUT2D eigenvalue weighted by molar-refractivity contribution is -0.116. The highest BCUT2D eigenvalue weighted by Crippen LogP contribution is 2.36. The molecule has 0 unspecified atom stereocenters. The van der Waals surface area contributed by atoms with Crippen LogP contribution < -0.4 is 4.90 Å². The smallest absolute Gasteiger partial charge is 0.223 e. The molecule has 1 aliphatic heterocycles. The van der Waals surface area contributed by atoms with Gasteiger partial charge in [0.15, 0.2) is 0 Å². The van der Waals surface area contributed by atoms with Gasteiger partial charge in [0.05, 0.1) is 5.69 Å². The highest BCUT2D eigenvalue weighted by atomic mass is 16.2. The molecule has 0 bridgehead atoms. The maximum absolute atomic E-state index is 11.6. The van der Waals surface area contributed by atoms with Crippen molar-refractivity contribution in [3.05, 3.63) is 34.9 Å². The summed E-state index contributed by atoms with van der Waals surface area (Å²) < 4.78 is 0. The second-order valence-electron chi connectivity index (χ2n) is 4.52. The van der Waals surface area contributed by atoms with Crippen molar-refractivity contribution in [2.24, 2.45) is 0 Å². The summed E-state index contributed by atoms with van der Waals surface area (Å²) in [6.07, 6.45) is 0.534. The van der Waals surface area contributed by atoms with Gasteiger partial charge in [-0.25, -0.2) is 0 Å². The lowest BCUT2D eigenvalue weighted by Gasteiger charge is -2.30. The first-order valence-electron chi connectivity index (χ1n) is 6.01. The minimum atomic E-state index is -0.0281. The average molecular weight is 251 g/mol. The van der Waals surface area contributed by atoms with Crippen LogP contribution in [0.1, 0.15) is 24.5 Å². The topological polar surface area (TPSA) is 67.9 Å². The molecule has 19 heavy (non-hydrogen) atoms. The van der Waals surface area contributed by atoms with Gasteiger partial charge in [-0.2, -0.15) is 10.5 Å². The summed E-state index contributed by atoms with van der Waals surface area (Å²) in [4.78, 5) is 13.3. The Kier molecular flexibility index (Phi) is 3.35. The van der Waals surface area contributed by atoms with Crippen LogP contribution in [0.15, 0.2) is 23.8 Å². The van der Waals surface area contributed by atoms with Crippen LogP contribution in [-0.4, -0.2) is 12.5 Å². The molecule has 1 amide bonds. The van der Waals surface area contributed by atoms with E-state index in [-0.39, 0.29) is 11.5 Å². The van der Waals surface area contributed by atoms with Crippen LogP contribution in [0, 0.1) is 29.6 Å². The first-order chi connectivity index (χ1) is 9.08. The van der Waals surface area contributed by atoms with E-state index in [4.69, 9.17) is 10.5 Å². The number of allylic oxidation sites excluding steroid dienone is 1. The van der Waals surface area contributed by atoms with Crippen molar-refractivity contribution < 1.29 is 4.79 Å². The molecule has 0 saturated heterocycles. The van der Waals surface area contributed by atoms with E-state index in [2.05, 4.69) is 0 Å². The molecule has 1 heterocycles. The summed E-state index contributed by atoms with van der Waals surface area (Å²) in [6.45, 7) is 3.98. The highest BCUT2D eigenvalue weighted by molar-refractivity contribution is 5.98. The molecule has 0 spiro atoms. The van der Waals surface area contributed by atoms with E-state index in [0.29, 0.717) is 13.0 Å². The molecule has 0 aromatic heterocycles. The van der Waals surface area contributed by atoms with Gasteiger partial charge in [-0.3, -0.25) is 4.79 Å². The number of benzene rings is 1. The molecule has 1 aliphatic rings. The largest absolute Gasteiger partial charge is 0.312 e. The van der Waals surface area contributed by atoms with Crippen LogP contribution >= 0.6 is 0 Å². The molecule has 1 aromatic rings. The van der Waals surface area contributed by atoms with E-state index in [9.17, 15) is 4.79 Å². The van der Waals surface area contributed by atoms with Crippen molar-refractivity contribution in [2.45, 2.75) is 20.3 Å². The number of fused-ring (bicyclic) bond motifs is 1. The molecule has 1 aromatic carbocycles. The van der Waals surface area contributed by atoms with Gasteiger partial charge < -0.3 is 4.90 Å². The van der Waals surface area contributed by atoms with Gasteiger partial charge in [0.2, 0.25) is 5.91 Å². The molecular formula is C15H13N3O. The zero-order valence-corrected chi connectivity index (χ0v) is 10.9. The minimum Gasteiger partial charge on any atom is -0.312 e. The summed E-state index contributed by atoms with van der Waals surface area (Å²) in [5, 5.41) is 18.1. The molecular weight excluding hydrogens is 238 g/mol. The number of carbonyl (C=O) groups is 1. The third-order valence-corrected chi connectivity index (χ3v) is 3.26. The normalized spacial score (nSPS) is 13.3. The van der Waals surface area contributed by atoms with Crippen LogP contribution in [0.25, 0.3) is 5.57 Å². The molecule has 2 rings (SSSR count). The Hall–Kier alpha value is -2.59. The van der Waals surface area contributed by atoms with Crippen molar-refractivity contribution in [3.8, 4) is 12.1 Å². The molecule has 94 valence electrons. The summed E-state index contributed by atoms with van der Waals surface area (Å²) >= 11 is 0. The Balaban J connectivity index is 2.70. The van der Waals surface area contributed by atoms with E-state index in [1.807, 2.05) is 37.3 Å². The Bertz CT molecular complexity index is 643. The first kappa shape index (κ1) is 12.9. The van der Waals surface area contributed by atoms with Gasteiger partial charge in [-0.15, -0.1) is 0 Å². The fourth-order valence-corrected chi connectivity index (χ4v) is 2.35. The van der Waals surface area contributed by atoms with Crippen molar-refractivity contribution in [3.63, 3.8) is 0 Å². The highest BCUT2D eigenvalue weighted by Gasteiger charge is 2.25. The fraction of sp³-hybridized carbons (Fsp3) is 0.267. The molecule has 0 atom stereocenters. The van der Waals surface area contributed by atoms with Gasteiger partial charge in [0.1, 0.15) is 17.7 Å². The van der Waals surface area contributed by atoms with Crippen LogP contribution in [0.3, 0.4) is 0 Å². The second kappa shape index (κ2) is 4.96. The van der Waals surface area contributed by atoms with Crippen LogP contribution in [0.2, 0.25) is 0 Å². The monoisotopic (exact) mass is 251 g/mol. The summed E-state index contributed by atoms with van der Waals surface area (Å²) in [6, 6.07) is 9.61. The van der Waals surface area contributed by atoms with E-state index in [1.54, 1.807) is 4.90 Å². The zero-order valence-electron chi connectivity index (χ0n) is 10.9. The predicted molar refractivity (Wildman–Crippen MR) is 72.0 cm³/mol. The number of amides is 1. The Morgan fingerprint density at radius 2 is 2.00 bits per heavy atom. The Morgan fingerprint density at radius 3 is 2.58 bits per heavy atom. The summed E-state index contributed by atoms with van der Waals surface area (Å²) in [7, 11) is 0. The van der Waals surface area contributed by atoms with Crippen LogP contribution in [-0.2, 0) is 4.79 Å². The quantitative estimate of drug-likeness (QED) is 0.665. The molecule has 0 N–H and O–H groups in total. The van der Waals surface area contributed by atoms with Crippen molar-refractivity contribution in [1.82, 2.24) is 0 Å². The van der Waals surface area contributed by atoms with Gasteiger partial charge in [-0.1, -0.05) is 11.6 Å². The first-order valence-corrected chi connectivity index (χ1v) is 6.01. The Labute approximate surface area is 112 Å². The van der Waals surface area contributed by atoms with E-state index in [1.165, 1.54) is 6.92 Å². The van der Waals surface area contributed by atoms with Crippen molar-refractivity contribution >= 4 is 17.2 Å². The van der Waals surface area contributed by atoms with Gasteiger partial charge >= 0.3 is 0 Å². The number of carbonyl (C=O) groups excluding carboxylic acids is 1. The van der Waals surface area contributed by atoms with E-state index in [0.717, 1.165) is 22.4 Å². The van der Waals surface area contributed by atoms with Crippen LogP contribution in [0.4, 0.5) is 5.69 Å². The third-order valence-electron chi connectivity index (χ3n) is 3.26. The number of nitrogens with zero attached hydrogens (tertiary/aromatic N) is 3. The fourth-order valence-electron chi connectivity index (χ4n) is 2.35. The Morgan fingerprint density at radius 1 is 1.32 bits per heavy atom. The summed E-state index contributed by atoms with van der Waals surface area (Å²) in [5.41, 5.74) is 3.51. The number of hydrogen-bond donors (Lipinski definition) is 0. The summed E-state index contributed by atoms with van der Waals surface area (Å²) in [5.74, 6) is -0.0281. The van der Waals surface area contributed by atoms with Gasteiger partial charge in [0.25, 0.3) is 0 Å². The van der Waals surface area contributed by atoms with Crippen LogP contribution in [0.5, 0.6) is 0 Å². The zero-order chi connectivity index (χ0) is 14.0. The maximum atomic E-state index is 11.6. The number of aryl methyl sites for hydroxylation is 1. The van der Waals surface area contributed by atoms with Crippen molar-refractivity contribution in [1.29, 1.82) is 10.5 Å². The average Bonchev–Trinajstić information content (AvgIpc) is 2.39. The number of nitriles is 2. The van der Waals surface area contributed by atoms with E-state index >= 15 is 0 Å². The third kappa shape index (κ3) is 2.21. The molecule has 4 heteroatoms. The molecule has 0 fully saturated rings. The van der Waals surface area contributed by atoms with Gasteiger partial charge in [0, 0.05) is 19.0 Å². The predicted octanol–water partition coefficient (Wildman–Crippen LogP) is 2.55. The van der Waals surface area contributed by atoms with Gasteiger partial charge in [-0.05, 0) is 31.1 Å². The maximum Gasteiger partial charge on any atom is 0.223 e. The number of anilines is 1. The molecule has 0 aliphatic carbocycles. The lowest BCUT2D eigenvalue weighted by Crippen LogP contribution is -2.33. The second-order valence-corrected chi connectivity index (χ2v) is 4.52. The standard InChI is InChI=1S/C15H13N3O/c1-10-3-4-15-14(7-10)13(12(8-16)9-17)5-6-18(15)11(2)19/h3-4,7H,5-6H2,1-2H3. The minimum absolute atomic E-state index is 0.0281. The SMILES string of the molecule is CC(=O)N1CCC(=C(C#N)C#N)c2cc(C)ccc21. The molecule has 0 saturated carbocycles. The molecule has 0 radical (unpaired) electrons. The van der Waals surface area contributed by atoms with Crippen molar-refractivity contribution in [2.75, 3.05) is 11.4 Å². The molecule has 4 nitrogen and oxygen atoms in total. The van der Waals surface area contributed by atoms with E-state index < -0.39 is 0 Å². The number of rotatable bonds is 0. The number of hydrogen-bond acceptors (Lipinski definition) is 3.